The van der Waals surface area contributed by atoms with Gasteiger partial charge in [0.1, 0.15) is 17.9 Å². The Morgan fingerprint density at radius 1 is 1.26 bits per heavy atom. The second-order valence-corrected chi connectivity index (χ2v) is 4.88. The van der Waals surface area contributed by atoms with E-state index in [9.17, 15) is 14.0 Å². The summed E-state index contributed by atoms with van der Waals surface area (Å²) in [5.74, 6) is -0.376. The van der Waals surface area contributed by atoms with Gasteiger partial charge >= 0.3 is 5.97 Å². The number of methoxy groups -OCH3 is 1. The summed E-state index contributed by atoms with van der Waals surface area (Å²) in [5.41, 5.74) is 2.06. The average molecular weight is 312 g/mol. The van der Waals surface area contributed by atoms with Crippen LogP contribution in [0.2, 0.25) is 0 Å². The van der Waals surface area contributed by atoms with Crippen LogP contribution in [-0.2, 0) is 16.1 Å². The molecule has 0 saturated heterocycles. The second-order valence-electron chi connectivity index (χ2n) is 4.88. The number of aromatic nitrogens is 2. The highest BCUT2D eigenvalue weighted by Crippen LogP contribution is 2.27. The Hall–Kier alpha value is -3.02. The summed E-state index contributed by atoms with van der Waals surface area (Å²) in [5, 5.41) is 0. The number of hydrogen-bond acceptors (Lipinski definition) is 4. The number of hydrogen-bond donors (Lipinski definition) is 0. The van der Waals surface area contributed by atoms with Gasteiger partial charge in [-0.3, -0.25) is 0 Å². The summed E-state index contributed by atoms with van der Waals surface area (Å²) < 4.78 is 19.5. The van der Waals surface area contributed by atoms with Crippen molar-refractivity contribution in [2.75, 3.05) is 7.11 Å². The number of rotatable bonds is 4. The van der Waals surface area contributed by atoms with Crippen molar-refractivity contribution in [3.63, 3.8) is 0 Å². The first kappa shape index (κ1) is 14.9. The van der Waals surface area contributed by atoms with Gasteiger partial charge in [-0.15, -0.1) is 0 Å². The number of imidazole rings is 1. The first-order chi connectivity index (χ1) is 11.2. The molecular formula is C17H13FN2O3. The van der Waals surface area contributed by atoms with Crippen LogP contribution in [0.15, 0.2) is 42.5 Å². The van der Waals surface area contributed by atoms with E-state index in [1.165, 1.54) is 19.2 Å². The third-order valence-corrected chi connectivity index (χ3v) is 3.53. The third kappa shape index (κ3) is 2.59. The summed E-state index contributed by atoms with van der Waals surface area (Å²) in [7, 11) is 1.29. The van der Waals surface area contributed by atoms with Crippen LogP contribution in [0.25, 0.3) is 22.4 Å². The lowest BCUT2D eigenvalue weighted by Gasteiger charge is -2.08. The molecule has 0 aliphatic carbocycles. The van der Waals surface area contributed by atoms with Crippen molar-refractivity contribution in [3.8, 4) is 11.4 Å². The molecule has 0 aliphatic rings. The summed E-state index contributed by atoms with van der Waals surface area (Å²) in [6.45, 7) is 0.0250. The minimum atomic E-state index is -0.506. The smallest absolute Gasteiger partial charge is 0.340 e. The fourth-order valence-corrected chi connectivity index (χ4v) is 2.53. The normalized spacial score (nSPS) is 10.7. The molecule has 116 valence electrons. The highest BCUT2D eigenvalue weighted by molar-refractivity contribution is 6.03. The fraction of sp³-hybridized carbons (Fsp3) is 0.118. The molecule has 3 rings (SSSR count). The Morgan fingerprint density at radius 2 is 2.00 bits per heavy atom. The molecule has 0 unspecified atom stereocenters. The van der Waals surface area contributed by atoms with Gasteiger partial charge in [-0.2, -0.15) is 0 Å². The molecule has 0 fully saturated rings. The molecule has 0 saturated carbocycles. The number of halogens is 1. The van der Waals surface area contributed by atoms with Gasteiger partial charge in [0, 0.05) is 5.56 Å². The Kier molecular flexibility index (Phi) is 3.89. The lowest BCUT2D eigenvalue weighted by molar-refractivity contribution is -0.108. The number of esters is 1. The maximum atomic E-state index is 13.1. The Balaban J connectivity index is 2.30. The molecule has 1 aromatic heterocycles. The third-order valence-electron chi connectivity index (χ3n) is 3.53. The highest BCUT2D eigenvalue weighted by Gasteiger charge is 2.19. The van der Waals surface area contributed by atoms with Crippen LogP contribution in [0.1, 0.15) is 10.4 Å². The van der Waals surface area contributed by atoms with Crippen molar-refractivity contribution >= 4 is 23.3 Å². The summed E-state index contributed by atoms with van der Waals surface area (Å²) >= 11 is 0. The standard InChI is InChI=1S/C17H13FN2O3/c1-23-17(22)13-3-2-4-14-15(13)20(9-10-21)16(19-14)11-5-7-12(18)8-6-11/h2-8,10H,9H2,1H3. The van der Waals surface area contributed by atoms with Crippen LogP contribution in [0.5, 0.6) is 0 Å². The lowest BCUT2D eigenvalue weighted by atomic mass is 10.2. The summed E-state index contributed by atoms with van der Waals surface area (Å²) in [6, 6.07) is 10.9. The van der Waals surface area contributed by atoms with Gasteiger partial charge in [-0.05, 0) is 36.4 Å². The van der Waals surface area contributed by atoms with E-state index in [0.717, 1.165) is 6.29 Å². The van der Waals surface area contributed by atoms with Gasteiger partial charge in [-0.25, -0.2) is 14.2 Å². The maximum Gasteiger partial charge on any atom is 0.340 e. The predicted molar refractivity (Wildman–Crippen MR) is 82.5 cm³/mol. The molecule has 6 heteroatoms. The highest BCUT2D eigenvalue weighted by atomic mass is 19.1. The summed E-state index contributed by atoms with van der Waals surface area (Å²) in [4.78, 5) is 27.5. The van der Waals surface area contributed by atoms with Crippen molar-refractivity contribution in [2.24, 2.45) is 0 Å². The summed E-state index contributed by atoms with van der Waals surface area (Å²) in [6.07, 6.45) is 0.724. The first-order valence-electron chi connectivity index (χ1n) is 6.93. The molecule has 5 nitrogen and oxygen atoms in total. The van der Waals surface area contributed by atoms with Crippen molar-refractivity contribution in [3.05, 3.63) is 53.8 Å². The fourth-order valence-electron chi connectivity index (χ4n) is 2.53. The van der Waals surface area contributed by atoms with E-state index >= 15 is 0 Å². The molecule has 0 bridgehead atoms. The van der Waals surface area contributed by atoms with Gasteiger partial charge in [0.25, 0.3) is 0 Å². The number of nitrogens with zero attached hydrogens (tertiary/aromatic N) is 2. The molecule has 0 atom stereocenters. The van der Waals surface area contributed by atoms with E-state index in [-0.39, 0.29) is 12.4 Å². The zero-order valence-corrected chi connectivity index (χ0v) is 12.3. The number of fused-ring (bicyclic) bond motifs is 1. The van der Waals surface area contributed by atoms with Crippen LogP contribution in [0.3, 0.4) is 0 Å². The molecule has 0 spiro atoms. The average Bonchev–Trinajstić information content (AvgIpc) is 2.94. The number of benzene rings is 2. The van der Waals surface area contributed by atoms with Gasteiger partial charge in [-0.1, -0.05) is 6.07 Å². The van der Waals surface area contributed by atoms with E-state index in [1.54, 1.807) is 34.9 Å². The Labute approximate surface area is 131 Å². The zero-order chi connectivity index (χ0) is 16.4. The largest absolute Gasteiger partial charge is 0.465 e. The van der Waals surface area contributed by atoms with E-state index in [2.05, 4.69) is 4.98 Å². The topological polar surface area (TPSA) is 61.2 Å². The Bertz CT molecular complexity index is 885. The van der Waals surface area contributed by atoms with E-state index in [1.807, 2.05) is 0 Å². The van der Waals surface area contributed by atoms with Crippen molar-refractivity contribution in [1.29, 1.82) is 0 Å². The minimum absolute atomic E-state index is 0.0250. The second kappa shape index (κ2) is 6.00. The van der Waals surface area contributed by atoms with Crippen LogP contribution in [-0.4, -0.2) is 28.9 Å². The van der Waals surface area contributed by atoms with Crippen LogP contribution >= 0.6 is 0 Å². The minimum Gasteiger partial charge on any atom is -0.465 e. The quantitative estimate of drug-likeness (QED) is 0.549. The number of carbonyl (C=O) groups is 2. The number of para-hydroxylation sites is 1. The van der Waals surface area contributed by atoms with Crippen LogP contribution in [0, 0.1) is 5.82 Å². The first-order valence-corrected chi connectivity index (χ1v) is 6.93. The SMILES string of the molecule is COC(=O)c1cccc2nc(-c3ccc(F)cc3)n(CC=O)c12. The van der Waals surface area contributed by atoms with Crippen molar-refractivity contribution in [1.82, 2.24) is 9.55 Å². The number of ether oxygens (including phenoxy) is 1. The molecule has 3 aromatic rings. The molecule has 2 aromatic carbocycles. The van der Waals surface area contributed by atoms with Crippen molar-refractivity contribution in [2.45, 2.75) is 6.54 Å². The van der Waals surface area contributed by atoms with Gasteiger partial charge < -0.3 is 14.1 Å². The van der Waals surface area contributed by atoms with Gasteiger partial charge in [0.05, 0.1) is 30.3 Å². The maximum absolute atomic E-state index is 13.1. The monoisotopic (exact) mass is 312 g/mol. The predicted octanol–water partition coefficient (Wildman–Crippen LogP) is 2.83. The molecular weight excluding hydrogens is 299 g/mol. The van der Waals surface area contributed by atoms with Crippen LogP contribution in [0.4, 0.5) is 4.39 Å². The van der Waals surface area contributed by atoms with E-state index in [4.69, 9.17) is 4.74 Å². The van der Waals surface area contributed by atoms with E-state index in [0.29, 0.717) is 28.0 Å². The molecule has 1 heterocycles. The van der Waals surface area contributed by atoms with E-state index < -0.39 is 5.97 Å². The van der Waals surface area contributed by atoms with Crippen LogP contribution < -0.4 is 0 Å². The zero-order valence-electron chi connectivity index (χ0n) is 12.3. The molecule has 0 amide bonds. The molecule has 0 radical (unpaired) electrons. The lowest BCUT2D eigenvalue weighted by Crippen LogP contribution is -2.07. The number of aldehydes is 1. The van der Waals surface area contributed by atoms with Crippen molar-refractivity contribution < 1.29 is 18.7 Å². The molecule has 23 heavy (non-hydrogen) atoms. The van der Waals surface area contributed by atoms with Gasteiger partial charge in [0.15, 0.2) is 0 Å². The van der Waals surface area contributed by atoms with Gasteiger partial charge in [0.2, 0.25) is 0 Å². The number of carbonyl (C=O) groups excluding carboxylic acids is 2. The Morgan fingerprint density at radius 3 is 2.65 bits per heavy atom. The molecule has 0 N–H and O–H groups in total. The molecule has 0 aliphatic heterocycles.